The van der Waals surface area contributed by atoms with Gasteiger partial charge in [-0.05, 0) is 67.5 Å². The minimum atomic E-state index is -1.00. The molecule has 1 N–H and O–H groups in total. The summed E-state index contributed by atoms with van der Waals surface area (Å²) in [5.74, 6) is -0.454. The number of nitrogens with zero attached hydrogens (tertiary/aromatic N) is 3. The summed E-state index contributed by atoms with van der Waals surface area (Å²) in [4.78, 5) is 39.4. The Bertz CT molecular complexity index is 1100. The number of benzene rings is 2. The molecular weight excluding hydrogens is 458 g/mol. The second kappa shape index (κ2) is 11.8. The van der Waals surface area contributed by atoms with Crippen molar-refractivity contribution in [2.75, 3.05) is 29.4 Å². The Hall–Kier alpha value is -3.68. The summed E-state index contributed by atoms with van der Waals surface area (Å²) in [6.45, 7) is 2.29. The van der Waals surface area contributed by atoms with Gasteiger partial charge in [0.05, 0.1) is 4.92 Å². The van der Waals surface area contributed by atoms with Crippen LogP contribution in [0.2, 0.25) is 0 Å². The highest BCUT2D eigenvalue weighted by Gasteiger charge is 2.30. The number of hydrogen-bond donors (Lipinski definition) is 1. The summed E-state index contributed by atoms with van der Waals surface area (Å²) in [6, 6.07) is 14.2. The number of anilines is 2. The van der Waals surface area contributed by atoms with Gasteiger partial charge in [0.1, 0.15) is 0 Å². The number of carboxylic acids is 1. The first-order chi connectivity index (χ1) is 17.4. The zero-order valence-corrected chi connectivity index (χ0v) is 20.4. The second-order valence-corrected chi connectivity index (χ2v) is 9.75. The third kappa shape index (κ3) is 6.50. The van der Waals surface area contributed by atoms with Crippen LogP contribution in [0.4, 0.5) is 17.1 Å². The number of carboxylic acid groups (broad SMARTS) is 1. The number of non-ortho nitro benzene ring substituents is 1. The van der Waals surface area contributed by atoms with Crippen molar-refractivity contribution < 1.29 is 19.6 Å². The Labute approximate surface area is 211 Å². The van der Waals surface area contributed by atoms with Gasteiger partial charge in [0.25, 0.3) is 5.69 Å². The second-order valence-electron chi connectivity index (χ2n) is 9.75. The molecule has 2 aromatic rings. The highest BCUT2D eigenvalue weighted by atomic mass is 16.6. The van der Waals surface area contributed by atoms with E-state index in [1.165, 1.54) is 18.6 Å². The van der Waals surface area contributed by atoms with Crippen LogP contribution >= 0.6 is 0 Å². The van der Waals surface area contributed by atoms with E-state index in [9.17, 15) is 19.7 Å². The topological polar surface area (TPSA) is 104 Å². The van der Waals surface area contributed by atoms with E-state index in [2.05, 4.69) is 4.90 Å². The Morgan fingerprint density at radius 1 is 1.03 bits per heavy atom. The summed E-state index contributed by atoms with van der Waals surface area (Å²) in [7, 11) is 0. The first-order valence-electron chi connectivity index (χ1n) is 12.7. The molecule has 190 valence electrons. The first kappa shape index (κ1) is 25.4. The molecule has 1 heterocycles. The van der Waals surface area contributed by atoms with E-state index in [0.717, 1.165) is 74.6 Å². The molecule has 4 rings (SSSR count). The molecule has 2 aromatic carbocycles. The monoisotopic (exact) mass is 491 g/mol. The summed E-state index contributed by atoms with van der Waals surface area (Å²) < 4.78 is 0. The molecule has 0 atom stereocenters. The standard InChI is InChI=1S/C28H33N3O5/c32-27(33)14-9-21-5-4-8-26(19-21)30(28(34)23-6-2-1-3-7-23)20-22-15-17-29(18-16-22)24-10-12-25(13-11-24)31(35)36/h4-5,8-14,19,22-23H,1-3,6-7,15-18,20H2,(H,32,33). The van der Waals surface area contributed by atoms with Crippen molar-refractivity contribution in [2.45, 2.75) is 44.9 Å². The smallest absolute Gasteiger partial charge is 0.328 e. The van der Waals surface area contributed by atoms with Crippen molar-refractivity contribution in [3.05, 3.63) is 70.3 Å². The molecule has 0 unspecified atom stereocenters. The van der Waals surface area contributed by atoms with E-state index in [-0.39, 0.29) is 22.4 Å². The maximum Gasteiger partial charge on any atom is 0.328 e. The van der Waals surface area contributed by atoms with E-state index in [1.807, 2.05) is 29.2 Å². The van der Waals surface area contributed by atoms with Crippen LogP contribution in [-0.4, -0.2) is 41.5 Å². The number of aliphatic carboxylic acids is 1. The average Bonchev–Trinajstić information content (AvgIpc) is 2.91. The van der Waals surface area contributed by atoms with Gasteiger partial charge < -0.3 is 14.9 Å². The summed E-state index contributed by atoms with van der Waals surface area (Å²) in [6.07, 6.45) is 9.70. The van der Waals surface area contributed by atoms with Crippen LogP contribution in [-0.2, 0) is 9.59 Å². The lowest BCUT2D eigenvalue weighted by Crippen LogP contribution is -2.43. The highest BCUT2D eigenvalue weighted by Crippen LogP contribution is 2.31. The molecule has 36 heavy (non-hydrogen) atoms. The average molecular weight is 492 g/mol. The molecular formula is C28H33N3O5. The molecule has 8 heteroatoms. The number of nitro benzene ring substituents is 1. The third-order valence-electron chi connectivity index (χ3n) is 7.30. The van der Waals surface area contributed by atoms with Crippen molar-refractivity contribution >= 4 is 35.0 Å². The Kier molecular flexibility index (Phi) is 8.36. The Morgan fingerprint density at radius 2 is 1.72 bits per heavy atom. The largest absolute Gasteiger partial charge is 0.478 e. The van der Waals surface area contributed by atoms with Gasteiger partial charge in [-0.3, -0.25) is 14.9 Å². The summed E-state index contributed by atoms with van der Waals surface area (Å²) in [5.41, 5.74) is 2.64. The lowest BCUT2D eigenvalue weighted by atomic mass is 9.87. The van der Waals surface area contributed by atoms with Crippen LogP contribution in [0.5, 0.6) is 0 Å². The molecule has 2 aliphatic rings. The number of carbonyl (C=O) groups excluding carboxylic acids is 1. The third-order valence-corrected chi connectivity index (χ3v) is 7.30. The fourth-order valence-electron chi connectivity index (χ4n) is 5.27. The molecule has 1 aliphatic carbocycles. The normalized spacial score (nSPS) is 17.3. The van der Waals surface area contributed by atoms with Crippen LogP contribution < -0.4 is 9.80 Å². The molecule has 0 aromatic heterocycles. The fraction of sp³-hybridized carbons (Fsp3) is 0.429. The molecule has 0 spiro atoms. The molecule has 0 bridgehead atoms. The van der Waals surface area contributed by atoms with Crippen LogP contribution in [0.1, 0.15) is 50.5 Å². The van der Waals surface area contributed by atoms with Gasteiger partial charge in [-0.2, -0.15) is 0 Å². The lowest BCUT2D eigenvalue weighted by Gasteiger charge is -2.37. The number of nitro groups is 1. The summed E-state index contributed by atoms with van der Waals surface area (Å²) in [5, 5.41) is 19.9. The molecule has 2 fully saturated rings. The number of rotatable bonds is 8. The number of amides is 1. The van der Waals surface area contributed by atoms with Crippen molar-refractivity contribution in [2.24, 2.45) is 11.8 Å². The molecule has 1 saturated heterocycles. The van der Waals surface area contributed by atoms with Crippen LogP contribution in [0.25, 0.3) is 6.08 Å². The van der Waals surface area contributed by atoms with Gasteiger partial charge in [0.15, 0.2) is 0 Å². The van der Waals surface area contributed by atoms with Crippen LogP contribution in [0.15, 0.2) is 54.6 Å². The zero-order chi connectivity index (χ0) is 25.5. The van der Waals surface area contributed by atoms with Crippen molar-refractivity contribution in [3.63, 3.8) is 0 Å². The van der Waals surface area contributed by atoms with Crippen LogP contribution in [0, 0.1) is 22.0 Å². The van der Waals surface area contributed by atoms with E-state index in [0.29, 0.717) is 12.5 Å². The van der Waals surface area contributed by atoms with Gasteiger partial charge in [0.2, 0.25) is 5.91 Å². The fourth-order valence-corrected chi connectivity index (χ4v) is 5.27. The van der Waals surface area contributed by atoms with E-state index in [4.69, 9.17) is 5.11 Å². The molecule has 1 amide bonds. The van der Waals surface area contributed by atoms with Crippen molar-refractivity contribution in [1.29, 1.82) is 0 Å². The minimum absolute atomic E-state index is 0.0390. The van der Waals surface area contributed by atoms with Gasteiger partial charge in [-0.1, -0.05) is 31.4 Å². The first-order valence-corrected chi connectivity index (χ1v) is 12.7. The Morgan fingerprint density at radius 3 is 2.36 bits per heavy atom. The number of hydrogen-bond acceptors (Lipinski definition) is 5. The zero-order valence-electron chi connectivity index (χ0n) is 20.4. The van der Waals surface area contributed by atoms with Gasteiger partial charge in [-0.25, -0.2) is 4.79 Å². The molecule has 1 aliphatic heterocycles. The number of carbonyl (C=O) groups is 2. The van der Waals surface area contributed by atoms with Gasteiger partial charge >= 0.3 is 5.97 Å². The molecule has 8 nitrogen and oxygen atoms in total. The lowest BCUT2D eigenvalue weighted by molar-refractivity contribution is -0.384. The SMILES string of the molecule is O=C(O)C=Cc1cccc(N(CC2CCN(c3ccc([N+](=O)[O-])cc3)CC2)C(=O)C2CCCCC2)c1. The predicted octanol–water partition coefficient (Wildman–Crippen LogP) is 5.52. The van der Waals surface area contributed by atoms with E-state index in [1.54, 1.807) is 18.2 Å². The Balaban J connectivity index is 1.47. The quantitative estimate of drug-likeness (QED) is 0.296. The van der Waals surface area contributed by atoms with E-state index >= 15 is 0 Å². The van der Waals surface area contributed by atoms with Crippen molar-refractivity contribution in [1.82, 2.24) is 0 Å². The molecule has 0 radical (unpaired) electrons. The van der Waals surface area contributed by atoms with Crippen LogP contribution in [0.3, 0.4) is 0 Å². The minimum Gasteiger partial charge on any atom is -0.478 e. The highest BCUT2D eigenvalue weighted by molar-refractivity contribution is 5.95. The van der Waals surface area contributed by atoms with Gasteiger partial charge in [0, 0.05) is 55.1 Å². The van der Waals surface area contributed by atoms with Crippen molar-refractivity contribution in [3.8, 4) is 0 Å². The number of piperidine rings is 1. The predicted molar refractivity (Wildman–Crippen MR) is 140 cm³/mol. The summed E-state index contributed by atoms with van der Waals surface area (Å²) >= 11 is 0. The van der Waals surface area contributed by atoms with Gasteiger partial charge in [-0.15, -0.1) is 0 Å². The maximum absolute atomic E-state index is 13.7. The molecule has 1 saturated carbocycles. The maximum atomic E-state index is 13.7. The van der Waals surface area contributed by atoms with E-state index < -0.39 is 5.97 Å².